The molecule has 0 bridgehead atoms. The third-order valence-electron chi connectivity index (χ3n) is 5.35. The molecule has 0 aliphatic carbocycles. The van der Waals surface area contributed by atoms with Crippen LogP contribution in [0.25, 0.3) is 0 Å². The van der Waals surface area contributed by atoms with Crippen molar-refractivity contribution in [2.45, 2.75) is 12.1 Å². The molecule has 2 aromatic rings. The number of aromatic hydroxyl groups is 1. The van der Waals surface area contributed by atoms with E-state index in [2.05, 4.69) is 22.5 Å². The number of hydrogen-bond donors (Lipinski definition) is 3. The summed E-state index contributed by atoms with van der Waals surface area (Å²) in [6, 6.07) is 11.1. The zero-order valence-corrected chi connectivity index (χ0v) is 17.2. The quantitative estimate of drug-likeness (QED) is 0.508. The number of nitrogens with zero attached hydrogens (tertiary/aromatic N) is 2. The number of phenolic OH excluding ortho intramolecular Hbond substituents is 1. The normalized spacial score (nSPS) is 19.7. The fourth-order valence-corrected chi connectivity index (χ4v) is 3.80. The molecule has 8 nitrogen and oxygen atoms in total. The van der Waals surface area contributed by atoms with Gasteiger partial charge in [-0.05, 0) is 49.5 Å². The van der Waals surface area contributed by atoms with Crippen LogP contribution in [0.2, 0.25) is 0 Å². The summed E-state index contributed by atoms with van der Waals surface area (Å²) in [7, 11) is 3.87. The highest BCUT2D eigenvalue weighted by Crippen LogP contribution is 2.32. The fraction of sp³-hybridized carbons (Fsp3) is 0.261. The zero-order chi connectivity index (χ0) is 22.2. The van der Waals surface area contributed by atoms with Crippen molar-refractivity contribution in [1.29, 1.82) is 0 Å². The van der Waals surface area contributed by atoms with Gasteiger partial charge >= 0.3 is 6.03 Å². The predicted octanol–water partition coefficient (Wildman–Crippen LogP) is 0.996. The van der Waals surface area contributed by atoms with E-state index in [0.717, 1.165) is 11.1 Å². The van der Waals surface area contributed by atoms with Crippen LogP contribution in [0, 0.1) is 11.8 Å². The summed E-state index contributed by atoms with van der Waals surface area (Å²) in [6.45, 7) is 0.870. The van der Waals surface area contributed by atoms with Gasteiger partial charge in [0.15, 0.2) is 5.54 Å². The van der Waals surface area contributed by atoms with Crippen LogP contribution in [0.4, 0.5) is 4.79 Å². The van der Waals surface area contributed by atoms with Crippen molar-refractivity contribution in [2.75, 3.05) is 27.2 Å². The molecular weight excluding hydrogens is 396 g/mol. The van der Waals surface area contributed by atoms with Crippen LogP contribution in [0.15, 0.2) is 42.5 Å². The molecule has 4 amide bonds. The van der Waals surface area contributed by atoms with Crippen LogP contribution in [0.3, 0.4) is 0 Å². The molecule has 2 aliphatic heterocycles. The zero-order valence-electron chi connectivity index (χ0n) is 17.2. The Morgan fingerprint density at radius 1 is 1.13 bits per heavy atom. The van der Waals surface area contributed by atoms with Gasteiger partial charge in [0.2, 0.25) is 0 Å². The molecule has 0 spiro atoms. The molecular formula is C23H22N4O4. The Bertz CT molecular complexity index is 1130. The molecule has 0 saturated carbocycles. The standard InChI is InChI=1S/C23H22N4O4/c1-26(2)11-3-4-15-5-8-17(9-6-15)23(21(30)24-22(31)25-23)14-27-13-16-7-10-18(28)12-19(16)20(27)29/h5-10,12,28H,11,13-14H2,1-2H3,(H2,24,25,30,31)/t23-/m0/s1. The van der Waals surface area contributed by atoms with Crippen LogP contribution < -0.4 is 10.6 Å². The molecule has 2 heterocycles. The van der Waals surface area contributed by atoms with E-state index in [1.54, 1.807) is 30.3 Å². The topological polar surface area (TPSA) is 102 Å². The van der Waals surface area contributed by atoms with Gasteiger partial charge in [-0.1, -0.05) is 30.0 Å². The summed E-state index contributed by atoms with van der Waals surface area (Å²) in [5, 5.41) is 14.7. The first-order valence-corrected chi connectivity index (χ1v) is 9.77. The molecule has 3 N–H and O–H groups in total. The smallest absolute Gasteiger partial charge is 0.322 e. The summed E-state index contributed by atoms with van der Waals surface area (Å²) < 4.78 is 0. The average Bonchev–Trinajstić information content (AvgIpc) is 3.18. The number of hydrogen-bond acceptors (Lipinski definition) is 5. The number of phenols is 1. The average molecular weight is 418 g/mol. The van der Waals surface area contributed by atoms with Crippen molar-refractivity contribution in [3.8, 4) is 17.6 Å². The lowest BCUT2D eigenvalue weighted by Crippen LogP contribution is -2.52. The number of imide groups is 1. The summed E-state index contributed by atoms with van der Waals surface area (Å²) in [5.74, 6) is 5.29. The van der Waals surface area contributed by atoms with Gasteiger partial charge in [0, 0.05) is 17.7 Å². The maximum Gasteiger partial charge on any atom is 0.322 e. The number of nitrogens with one attached hydrogen (secondary N) is 2. The summed E-state index contributed by atoms with van der Waals surface area (Å²) in [4.78, 5) is 41.2. The Balaban J connectivity index is 1.63. The number of carbonyl (C=O) groups is 3. The molecule has 0 radical (unpaired) electrons. The third-order valence-corrected chi connectivity index (χ3v) is 5.35. The molecule has 0 aromatic heterocycles. The molecule has 1 fully saturated rings. The predicted molar refractivity (Wildman–Crippen MR) is 113 cm³/mol. The molecule has 8 heteroatoms. The van der Waals surface area contributed by atoms with E-state index in [1.807, 2.05) is 19.0 Å². The number of rotatable bonds is 4. The fourth-order valence-electron chi connectivity index (χ4n) is 3.80. The summed E-state index contributed by atoms with van der Waals surface area (Å²) in [5.41, 5.74) is 1.08. The highest BCUT2D eigenvalue weighted by Gasteiger charge is 2.50. The SMILES string of the molecule is CN(C)CC#Cc1ccc([C@]2(CN3Cc4ccc(O)cc4C3=O)NC(=O)NC2=O)cc1. The van der Waals surface area contributed by atoms with E-state index in [-0.39, 0.29) is 24.7 Å². The largest absolute Gasteiger partial charge is 0.508 e. The minimum atomic E-state index is -1.41. The van der Waals surface area contributed by atoms with Crippen LogP contribution in [0.1, 0.15) is 27.0 Å². The summed E-state index contributed by atoms with van der Waals surface area (Å²) in [6.07, 6.45) is 0. The Kier molecular flexibility index (Phi) is 5.13. The van der Waals surface area contributed by atoms with Crippen molar-refractivity contribution >= 4 is 17.8 Å². The van der Waals surface area contributed by atoms with E-state index in [1.165, 1.54) is 17.0 Å². The molecule has 2 aliphatic rings. The minimum Gasteiger partial charge on any atom is -0.508 e. The molecule has 1 saturated heterocycles. The molecule has 158 valence electrons. The van der Waals surface area contributed by atoms with Gasteiger partial charge in [-0.3, -0.25) is 19.8 Å². The first-order valence-electron chi connectivity index (χ1n) is 9.77. The van der Waals surface area contributed by atoms with E-state index in [9.17, 15) is 19.5 Å². The second-order valence-electron chi connectivity index (χ2n) is 7.93. The highest BCUT2D eigenvalue weighted by atomic mass is 16.3. The Morgan fingerprint density at radius 3 is 2.52 bits per heavy atom. The van der Waals surface area contributed by atoms with Gasteiger partial charge in [-0.15, -0.1) is 0 Å². The minimum absolute atomic E-state index is 0.00143. The molecule has 2 aromatic carbocycles. The lowest BCUT2D eigenvalue weighted by atomic mass is 9.88. The van der Waals surface area contributed by atoms with E-state index in [4.69, 9.17) is 0 Å². The van der Waals surface area contributed by atoms with E-state index >= 15 is 0 Å². The Hall–Kier alpha value is -3.83. The Morgan fingerprint density at radius 2 is 1.87 bits per heavy atom. The second-order valence-corrected chi connectivity index (χ2v) is 7.93. The van der Waals surface area contributed by atoms with Crippen LogP contribution in [-0.2, 0) is 16.9 Å². The van der Waals surface area contributed by atoms with Crippen molar-refractivity contribution in [2.24, 2.45) is 0 Å². The first-order chi connectivity index (χ1) is 14.8. The number of urea groups is 1. The van der Waals surface area contributed by atoms with Crippen molar-refractivity contribution in [3.05, 3.63) is 64.7 Å². The van der Waals surface area contributed by atoms with Crippen molar-refractivity contribution in [1.82, 2.24) is 20.4 Å². The third kappa shape index (κ3) is 3.83. The van der Waals surface area contributed by atoms with Gasteiger partial charge < -0.3 is 15.3 Å². The van der Waals surface area contributed by atoms with Gasteiger partial charge in [0.05, 0.1) is 13.1 Å². The van der Waals surface area contributed by atoms with Gasteiger partial charge in [0.25, 0.3) is 11.8 Å². The van der Waals surface area contributed by atoms with Gasteiger partial charge in [-0.25, -0.2) is 4.79 Å². The second kappa shape index (κ2) is 7.78. The monoisotopic (exact) mass is 418 g/mol. The van der Waals surface area contributed by atoms with Crippen LogP contribution in [-0.4, -0.2) is 59.9 Å². The Labute approximate surface area is 179 Å². The first kappa shape index (κ1) is 20.4. The molecule has 4 rings (SSSR count). The lowest BCUT2D eigenvalue weighted by Gasteiger charge is -2.31. The van der Waals surface area contributed by atoms with Gasteiger partial charge in [-0.2, -0.15) is 0 Å². The van der Waals surface area contributed by atoms with Crippen molar-refractivity contribution < 1.29 is 19.5 Å². The number of fused-ring (bicyclic) bond motifs is 1. The number of amides is 4. The van der Waals surface area contributed by atoms with E-state index < -0.39 is 17.5 Å². The number of carbonyl (C=O) groups excluding carboxylic acids is 3. The maximum absolute atomic E-state index is 12.9. The van der Waals surface area contributed by atoms with E-state index in [0.29, 0.717) is 17.7 Å². The highest BCUT2D eigenvalue weighted by molar-refractivity contribution is 6.08. The summed E-state index contributed by atoms with van der Waals surface area (Å²) >= 11 is 0. The number of benzene rings is 2. The van der Waals surface area contributed by atoms with Gasteiger partial charge in [0.1, 0.15) is 5.75 Å². The molecule has 1 atom stereocenters. The van der Waals surface area contributed by atoms with Crippen LogP contribution >= 0.6 is 0 Å². The molecule has 0 unspecified atom stereocenters. The lowest BCUT2D eigenvalue weighted by molar-refractivity contribution is -0.124. The molecule has 31 heavy (non-hydrogen) atoms. The van der Waals surface area contributed by atoms with Crippen molar-refractivity contribution in [3.63, 3.8) is 0 Å². The maximum atomic E-state index is 12.9. The van der Waals surface area contributed by atoms with Crippen LogP contribution in [0.5, 0.6) is 5.75 Å².